The fourth-order valence-electron chi connectivity index (χ4n) is 3.21. The van der Waals surface area contributed by atoms with Crippen molar-refractivity contribution in [3.05, 3.63) is 42.5 Å². The van der Waals surface area contributed by atoms with E-state index in [1.54, 1.807) is 17.1 Å². The Bertz CT molecular complexity index is 678. The van der Waals surface area contributed by atoms with Gasteiger partial charge in [0.1, 0.15) is 0 Å². The van der Waals surface area contributed by atoms with Crippen molar-refractivity contribution in [3.8, 4) is 0 Å². The molecule has 1 N–H and O–H groups in total. The minimum absolute atomic E-state index is 0.0695. The van der Waals surface area contributed by atoms with Crippen molar-refractivity contribution in [1.82, 2.24) is 24.6 Å². The van der Waals surface area contributed by atoms with E-state index >= 15 is 0 Å². The predicted octanol–water partition coefficient (Wildman–Crippen LogP) is 1.99. The molecule has 0 radical (unpaired) electrons. The highest BCUT2D eigenvalue weighted by atomic mass is 16.2. The second-order valence-corrected chi connectivity index (χ2v) is 6.59. The van der Waals surface area contributed by atoms with Gasteiger partial charge in [0.2, 0.25) is 0 Å². The number of carbonyl (C=O) groups is 1. The largest absolute Gasteiger partial charge is 0.325 e. The first kappa shape index (κ1) is 17.4. The summed E-state index contributed by atoms with van der Waals surface area (Å²) in [5, 5.41) is 6.97. The lowest BCUT2D eigenvalue weighted by Gasteiger charge is -2.36. The van der Waals surface area contributed by atoms with Gasteiger partial charge in [-0.3, -0.25) is 9.67 Å². The molecule has 0 saturated carbocycles. The number of hydrogen-bond donors (Lipinski definition) is 1. The molecule has 134 valence electrons. The molecule has 25 heavy (non-hydrogen) atoms. The third-order valence-electron chi connectivity index (χ3n) is 4.79. The highest BCUT2D eigenvalue weighted by Gasteiger charge is 2.25. The Kier molecular flexibility index (Phi) is 5.65. The molecule has 0 aromatic carbocycles. The molecule has 1 aliphatic rings. The van der Waals surface area contributed by atoms with Gasteiger partial charge in [0.05, 0.1) is 11.9 Å². The fraction of sp³-hybridized carbons (Fsp3) is 0.500. The first-order chi connectivity index (χ1) is 12.1. The number of rotatable bonds is 5. The summed E-state index contributed by atoms with van der Waals surface area (Å²) in [6.07, 6.45) is 8.27. The van der Waals surface area contributed by atoms with Crippen molar-refractivity contribution in [3.63, 3.8) is 0 Å². The third kappa shape index (κ3) is 4.79. The summed E-state index contributed by atoms with van der Waals surface area (Å²) >= 11 is 0. The zero-order valence-corrected chi connectivity index (χ0v) is 14.9. The van der Waals surface area contributed by atoms with Crippen molar-refractivity contribution in [2.45, 2.75) is 25.3 Å². The topological polar surface area (TPSA) is 66.3 Å². The van der Waals surface area contributed by atoms with Gasteiger partial charge >= 0.3 is 6.03 Å². The zero-order chi connectivity index (χ0) is 17.6. The molecule has 3 heterocycles. The number of aryl methyl sites for hydroxylation is 1. The van der Waals surface area contributed by atoms with Crippen LogP contribution in [0, 0.1) is 0 Å². The number of aromatic nitrogens is 3. The highest BCUT2D eigenvalue weighted by Crippen LogP contribution is 2.17. The number of likely N-dealkylation sites (tertiary alicyclic amines) is 1. The zero-order valence-electron chi connectivity index (χ0n) is 14.9. The summed E-state index contributed by atoms with van der Waals surface area (Å²) in [5.74, 6) is 0. The van der Waals surface area contributed by atoms with Gasteiger partial charge < -0.3 is 15.1 Å². The van der Waals surface area contributed by atoms with E-state index in [2.05, 4.69) is 26.4 Å². The molecule has 0 atom stereocenters. The SMILES string of the molecule is CN(C(=O)Nc1cnn(C)c1)C1CCN(CCc2ccccn2)CC1. The average Bonchev–Trinajstić information content (AvgIpc) is 3.05. The number of hydrogen-bond acceptors (Lipinski definition) is 4. The van der Waals surface area contributed by atoms with Crippen LogP contribution in [0.3, 0.4) is 0 Å². The number of nitrogens with one attached hydrogen (secondary N) is 1. The van der Waals surface area contributed by atoms with Gasteiger partial charge in [-0.2, -0.15) is 5.10 Å². The minimum Gasteiger partial charge on any atom is -0.325 e. The van der Waals surface area contributed by atoms with E-state index in [0.717, 1.165) is 50.3 Å². The van der Waals surface area contributed by atoms with Gasteiger partial charge in [0, 0.05) is 64.3 Å². The average molecular weight is 342 g/mol. The van der Waals surface area contributed by atoms with Gasteiger partial charge in [-0.15, -0.1) is 0 Å². The summed E-state index contributed by atoms with van der Waals surface area (Å²) in [5.41, 5.74) is 1.87. The van der Waals surface area contributed by atoms with Crippen molar-refractivity contribution in [2.75, 3.05) is 32.0 Å². The van der Waals surface area contributed by atoms with Crippen molar-refractivity contribution in [1.29, 1.82) is 0 Å². The van der Waals surface area contributed by atoms with Crippen LogP contribution in [0.2, 0.25) is 0 Å². The van der Waals surface area contributed by atoms with E-state index in [1.807, 2.05) is 37.3 Å². The Balaban J connectivity index is 1.42. The number of urea groups is 1. The van der Waals surface area contributed by atoms with Gasteiger partial charge in [-0.25, -0.2) is 4.79 Å². The van der Waals surface area contributed by atoms with Gasteiger partial charge in [-0.05, 0) is 25.0 Å². The maximum absolute atomic E-state index is 12.4. The van der Waals surface area contributed by atoms with E-state index in [-0.39, 0.29) is 12.1 Å². The minimum atomic E-state index is -0.0695. The highest BCUT2D eigenvalue weighted by molar-refractivity contribution is 5.89. The Hall–Kier alpha value is -2.41. The number of pyridine rings is 1. The maximum atomic E-state index is 12.4. The number of anilines is 1. The number of piperidine rings is 1. The van der Waals surface area contributed by atoms with Gasteiger partial charge in [0.15, 0.2) is 0 Å². The normalized spacial score (nSPS) is 15.9. The lowest BCUT2D eigenvalue weighted by atomic mass is 10.0. The standard InChI is InChI=1S/C18H26N6O/c1-22-14-16(13-20-22)21-18(25)23(2)17-7-11-24(12-8-17)10-6-15-5-3-4-9-19-15/h3-5,9,13-14,17H,6-8,10-12H2,1-2H3,(H,21,25). The van der Waals surface area contributed by atoms with E-state index in [4.69, 9.17) is 0 Å². The smallest absolute Gasteiger partial charge is 0.321 e. The Morgan fingerprint density at radius 2 is 2.16 bits per heavy atom. The maximum Gasteiger partial charge on any atom is 0.321 e. The summed E-state index contributed by atoms with van der Waals surface area (Å²) < 4.78 is 1.68. The van der Waals surface area contributed by atoms with Crippen LogP contribution in [0.15, 0.2) is 36.8 Å². The number of amides is 2. The van der Waals surface area contributed by atoms with Crippen molar-refractivity contribution < 1.29 is 4.79 Å². The first-order valence-corrected chi connectivity index (χ1v) is 8.76. The summed E-state index contributed by atoms with van der Waals surface area (Å²) in [7, 11) is 3.71. The lowest BCUT2D eigenvalue weighted by molar-refractivity contribution is 0.142. The van der Waals surface area contributed by atoms with Crippen LogP contribution in [0.1, 0.15) is 18.5 Å². The molecule has 0 spiro atoms. The van der Waals surface area contributed by atoms with Crippen LogP contribution in [-0.4, -0.2) is 63.3 Å². The molecule has 0 aliphatic carbocycles. The molecule has 7 nitrogen and oxygen atoms in total. The molecular weight excluding hydrogens is 316 g/mol. The van der Waals surface area contributed by atoms with Crippen LogP contribution in [0.25, 0.3) is 0 Å². The molecule has 0 unspecified atom stereocenters. The molecule has 2 aromatic rings. The van der Waals surface area contributed by atoms with Crippen LogP contribution in [0.5, 0.6) is 0 Å². The van der Waals surface area contributed by atoms with Crippen molar-refractivity contribution in [2.24, 2.45) is 7.05 Å². The monoisotopic (exact) mass is 342 g/mol. The molecule has 2 aromatic heterocycles. The molecular formula is C18H26N6O. The van der Waals surface area contributed by atoms with Crippen LogP contribution >= 0.6 is 0 Å². The number of carbonyl (C=O) groups excluding carboxylic acids is 1. The fourth-order valence-corrected chi connectivity index (χ4v) is 3.21. The molecule has 1 saturated heterocycles. The number of nitrogens with zero attached hydrogens (tertiary/aromatic N) is 5. The predicted molar refractivity (Wildman–Crippen MR) is 97.4 cm³/mol. The van der Waals surface area contributed by atoms with E-state index in [1.165, 1.54) is 0 Å². The first-order valence-electron chi connectivity index (χ1n) is 8.76. The van der Waals surface area contributed by atoms with E-state index in [9.17, 15) is 4.79 Å². The second kappa shape index (κ2) is 8.11. The summed E-state index contributed by atoms with van der Waals surface area (Å²) in [4.78, 5) is 21.0. The quantitative estimate of drug-likeness (QED) is 0.902. The van der Waals surface area contributed by atoms with Crippen LogP contribution in [0.4, 0.5) is 10.5 Å². The summed E-state index contributed by atoms with van der Waals surface area (Å²) in [6.45, 7) is 3.05. The lowest BCUT2D eigenvalue weighted by Crippen LogP contribution is -2.47. The van der Waals surface area contributed by atoms with Crippen LogP contribution < -0.4 is 5.32 Å². The molecule has 1 aliphatic heterocycles. The van der Waals surface area contributed by atoms with E-state index < -0.39 is 0 Å². The summed E-state index contributed by atoms with van der Waals surface area (Å²) in [6, 6.07) is 6.26. The van der Waals surface area contributed by atoms with Crippen LogP contribution in [-0.2, 0) is 13.5 Å². The molecule has 3 rings (SSSR count). The Morgan fingerprint density at radius 1 is 1.36 bits per heavy atom. The van der Waals surface area contributed by atoms with Crippen molar-refractivity contribution >= 4 is 11.7 Å². The van der Waals surface area contributed by atoms with E-state index in [0.29, 0.717) is 0 Å². The molecule has 2 amide bonds. The molecule has 7 heteroatoms. The molecule has 1 fully saturated rings. The Morgan fingerprint density at radius 3 is 2.80 bits per heavy atom. The molecule has 0 bridgehead atoms. The third-order valence-corrected chi connectivity index (χ3v) is 4.79. The van der Waals surface area contributed by atoms with Gasteiger partial charge in [0.25, 0.3) is 0 Å². The van der Waals surface area contributed by atoms with Gasteiger partial charge in [-0.1, -0.05) is 6.07 Å². The Labute approximate surface area is 148 Å². The second-order valence-electron chi connectivity index (χ2n) is 6.59.